The van der Waals surface area contributed by atoms with Gasteiger partial charge in [0.2, 0.25) is 6.79 Å². The molecule has 0 bridgehead atoms. The normalized spacial score (nSPS) is 12.8. The number of aromatic nitrogens is 2. The van der Waals surface area contributed by atoms with Gasteiger partial charge >= 0.3 is 0 Å². The highest BCUT2D eigenvalue weighted by Crippen LogP contribution is 2.35. The second-order valence-electron chi connectivity index (χ2n) is 7.10. The SMILES string of the molecule is COc1ccc(-c2cc(=O)n(CCNC(=O)C(C)Oc3ccc4c(c3)OCO4)cn2)cc1. The highest BCUT2D eigenvalue weighted by Gasteiger charge is 2.18. The van der Waals surface area contributed by atoms with Crippen LogP contribution in [-0.4, -0.2) is 42.0 Å². The minimum atomic E-state index is -0.720. The number of methoxy groups -OCH3 is 1. The molecule has 1 amide bonds. The third-order valence-corrected chi connectivity index (χ3v) is 4.94. The molecule has 1 N–H and O–H groups in total. The van der Waals surface area contributed by atoms with Crippen molar-refractivity contribution in [1.82, 2.24) is 14.9 Å². The number of hydrogen-bond donors (Lipinski definition) is 1. The maximum atomic E-state index is 12.4. The third kappa shape index (κ3) is 4.83. The lowest BCUT2D eigenvalue weighted by atomic mass is 10.1. The first kappa shape index (κ1) is 21.2. The minimum absolute atomic E-state index is 0.171. The first-order valence-electron chi connectivity index (χ1n) is 10.1. The number of rotatable bonds is 8. The van der Waals surface area contributed by atoms with Crippen molar-refractivity contribution in [2.24, 2.45) is 0 Å². The Kier molecular flexibility index (Phi) is 6.25. The van der Waals surface area contributed by atoms with Crippen molar-refractivity contribution in [3.8, 4) is 34.3 Å². The van der Waals surface area contributed by atoms with Crippen LogP contribution in [0.25, 0.3) is 11.3 Å². The minimum Gasteiger partial charge on any atom is -0.497 e. The lowest BCUT2D eigenvalue weighted by molar-refractivity contribution is -0.127. The Balaban J connectivity index is 1.29. The van der Waals surface area contributed by atoms with Gasteiger partial charge in [-0.15, -0.1) is 0 Å². The fourth-order valence-corrected chi connectivity index (χ4v) is 3.16. The number of benzene rings is 2. The topological polar surface area (TPSA) is 101 Å². The van der Waals surface area contributed by atoms with Gasteiger partial charge in [0.15, 0.2) is 17.6 Å². The summed E-state index contributed by atoms with van der Waals surface area (Å²) in [5.74, 6) is 2.17. The molecule has 1 aliphatic heterocycles. The van der Waals surface area contributed by atoms with E-state index in [2.05, 4.69) is 10.3 Å². The van der Waals surface area contributed by atoms with Crippen molar-refractivity contribution in [3.05, 3.63) is 65.2 Å². The van der Waals surface area contributed by atoms with E-state index in [0.29, 0.717) is 22.9 Å². The Bertz CT molecular complexity index is 1160. The fraction of sp³-hybridized carbons (Fsp3) is 0.261. The molecule has 9 heteroatoms. The van der Waals surface area contributed by atoms with Crippen LogP contribution in [0.4, 0.5) is 0 Å². The largest absolute Gasteiger partial charge is 0.497 e. The second-order valence-corrected chi connectivity index (χ2v) is 7.10. The summed E-state index contributed by atoms with van der Waals surface area (Å²) in [7, 11) is 1.59. The Hall–Kier alpha value is -4.01. The maximum Gasteiger partial charge on any atom is 0.260 e. The molecule has 0 radical (unpaired) electrons. The van der Waals surface area contributed by atoms with E-state index in [9.17, 15) is 9.59 Å². The molecule has 32 heavy (non-hydrogen) atoms. The summed E-state index contributed by atoms with van der Waals surface area (Å²) < 4.78 is 22.8. The van der Waals surface area contributed by atoms with E-state index < -0.39 is 6.10 Å². The van der Waals surface area contributed by atoms with Crippen LogP contribution in [0.5, 0.6) is 23.0 Å². The Morgan fingerprint density at radius 2 is 1.88 bits per heavy atom. The van der Waals surface area contributed by atoms with Crippen LogP contribution in [0.1, 0.15) is 6.92 Å². The van der Waals surface area contributed by atoms with Crippen LogP contribution in [-0.2, 0) is 11.3 Å². The van der Waals surface area contributed by atoms with Gasteiger partial charge in [0, 0.05) is 30.8 Å². The number of carbonyl (C=O) groups is 1. The van der Waals surface area contributed by atoms with Crippen molar-refractivity contribution in [2.45, 2.75) is 19.6 Å². The smallest absolute Gasteiger partial charge is 0.260 e. The van der Waals surface area contributed by atoms with Crippen molar-refractivity contribution >= 4 is 5.91 Å². The van der Waals surface area contributed by atoms with Crippen LogP contribution in [0.3, 0.4) is 0 Å². The standard InChI is InChI=1S/C23H23N3O6/c1-15(32-18-7-8-20-21(11-18)31-14-30-20)23(28)24-9-10-26-13-25-19(12-22(26)27)16-3-5-17(29-2)6-4-16/h3-8,11-13,15H,9-10,14H2,1-2H3,(H,24,28). The van der Waals surface area contributed by atoms with Gasteiger partial charge < -0.3 is 24.3 Å². The highest BCUT2D eigenvalue weighted by atomic mass is 16.7. The zero-order valence-electron chi connectivity index (χ0n) is 17.7. The molecule has 0 spiro atoms. The van der Waals surface area contributed by atoms with Gasteiger partial charge in [-0.2, -0.15) is 0 Å². The van der Waals surface area contributed by atoms with Crippen molar-refractivity contribution in [2.75, 3.05) is 20.4 Å². The zero-order chi connectivity index (χ0) is 22.5. The fourth-order valence-electron chi connectivity index (χ4n) is 3.16. The molecule has 1 unspecified atom stereocenters. The summed E-state index contributed by atoms with van der Waals surface area (Å²) in [5, 5.41) is 2.77. The molecule has 4 rings (SSSR count). The molecule has 2 heterocycles. The molecule has 0 saturated heterocycles. The van der Waals surface area contributed by atoms with Gasteiger partial charge in [0.05, 0.1) is 19.1 Å². The molecule has 3 aromatic rings. The van der Waals surface area contributed by atoms with Gasteiger partial charge in [-0.25, -0.2) is 4.98 Å². The molecule has 0 aliphatic carbocycles. The molecule has 9 nitrogen and oxygen atoms in total. The van der Waals surface area contributed by atoms with E-state index in [4.69, 9.17) is 18.9 Å². The van der Waals surface area contributed by atoms with Crippen molar-refractivity contribution < 1.29 is 23.7 Å². The summed E-state index contributed by atoms with van der Waals surface area (Å²) in [4.78, 5) is 29.1. The average molecular weight is 437 g/mol. The molecule has 1 aliphatic rings. The van der Waals surface area contributed by atoms with Gasteiger partial charge in [0.25, 0.3) is 11.5 Å². The first-order chi connectivity index (χ1) is 15.5. The first-order valence-corrected chi connectivity index (χ1v) is 10.1. The summed E-state index contributed by atoms with van der Waals surface area (Å²) in [6.45, 7) is 2.37. The molecule has 2 aromatic carbocycles. The van der Waals surface area contributed by atoms with E-state index >= 15 is 0 Å². The van der Waals surface area contributed by atoms with Crippen LogP contribution >= 0.6 is 0 Å². The van der Waals surface area contributed by atoms with E-state index in [0.717, 1.165) is 11.3 Å². The van der Waals surface area contributed by atoms with Crippen LogP contribution in [0, 0.1) is 0 Å². The van der Waals surface area contributed by atoms with Crippen molar-refractivity contribution in [1.29, 1.82) is 0 Å². The number of amides is 1. The number of nitrogens with one attached hydrogen (secondary N) is 1. The molecule has 1 atom stereocenters. The summed E-state index contributed by atoms with van der Waals surface area (Å²) in [6, 6.07) is 13.9. The molecule has 0 saturated carbocycles. The second kappa shape index (κ2) is 9.42. The van der Waals surface area contributed by atoms with Crippen LogP contribution in [0.15, 0.2) is 59.7 Å². The van der Waals surface area contributed by atoms with E-state index in [1.807, 2.05) is 24.3 Å². The van der Waals surface area contributed by atoms with Crippen LogP contribution < -0.4 is 29.8 Å². The summed E-state index contributed by atoms with van der Waals surface area (Å²) >= 11 is 0. The van der Waals surface area contributed by atoms with Gasteiger partial charge in [-0.3, -0.25) is 14.2 Å². The zero-order valence-corrected chi connectivity index (χ0v) is 17.7. The number of nitrogens with zero attached hydrogens (tertiary/aromatic N) is 2. The molecular weight excluding hydrogens is 414 g/mol. The van der Waals surface area contributed by atoms with E-state index in [-0.39, 0.29) is 31.3 Å². The van der Waals surface area contributed by atoms with Gasteiger partial charge in [-0.1, -0.05) is 0 Å². The molecule has 0 fully saturated rings. The molecular formula is C23H23N3O6. The number of hydrogen-bond acceptors (Lipinski definition) is 7. The van der Waals surface area contributed by atoms with Gasteiger partial charge in [0.1, 0.15) is 11.5 Å². The molecule has 166 valence electrons. The maximum absolute atomic E-state index is 12.4. The highest BCUT2D eigenvalue weighted by molar-refractivity contribution is 5.80. The monoisotopic (exact) mass is 437 g/mol. The van der Waals surface area contributed by atoms with Crippen molar-refractivity contribution in [3.63, 3.8) is 0 Å². The number of fused-ring (bicyclic) bond motifs is 1. The summed E-state index contributed by atoms with van der Waals surface area (Å²) in [5.41, 5.74) is 1.19. The Morgan fingerprint density at radius 3 is 2.62 bits per heavy atom. The van der Waals surface area contributed by atoms with E-state index in [1.54, 1.807) is 32.2 Å². The van der Waals surface area contributed by atoms with E-state index in [1.165, 1.54) is 17.0 Å². The Morgan fingerprint density at radius 1 is 1.12 bits per heavy atom. The third-order valence-electron chi connectivity index (χ3n) is 4.94. The quantitative estimate of drug-likeness (QED) is 0.577. The molecule has 1 aromatic heterocycles. The average Bonchev–Trinajstić information content (AvgIpc) is 3.28. The van der Waals surface area contributed by atoms with Crippen LogP contribution in [0.2, 0.25) is 0 Å². The van der Waals surface area contributed by atoms with Gasteiger partial charge in [-0.05, 0) is 43.3 Å². The lowest BCUT2D eigenvalue weighted by Gasteiger charge is -2.15. The number of carbonyl (C=O) groups excluding carboxylic acids is 1. The predicted molar refractivity (Wildman–Crippen MR) is 116 cm³/mol. The Labute approximate surface area is 184 Å². The summed E-state index contributed by atoms with van der Waals surface area (Å²) in [6.07, 6.45) is 0.753. The lowest BCUT2D eigenvalue weighted by Crippen LogP contribution is -2.38. The number of ether oxygens (including phenoxy) is 4. The predicted octanol–water partition coefficient (Wildman–Crippen LogP) is 2.23.